The summed E-state index contributed by atoms with van der Waals surface area (Å²) in [6, 6.07) is 20.7. The van der Waals surface area contributed by atoms with Crippen molar-refractivity contribution in [1.82, 2.24) is 14.9 Å². The van der Waals surface area contributed by atoms with Crippen molar-refractivity contribution in [3.63, 3.8) is 0 Å². The van der Waals surface area contributed by atoms with Crippen molar-refractivity contribution >= 4 is 39.0 Å². The summed E-state index contributed by atoms with van der Waals surface area (Å²) in [5.74, 6) is -1.33. The van der Waals surface area contributed by atoms with Gasteiger partial charge in [0.05, 0.1) is 16.6 Å². The van der Waals surface area contributed by atoms with Gasteiger partial charge in [0, 0.05) is 28.3 Å². The zero-order valence-corrected chi connectivity index (χ0v) is 17.9. The number of para-hydroxylation sites is 1. The molecule has 0 unspecified atom stereocenters. The molecule has 0 bridgehead atoms. The van der Waals surface area contributed by atoms with Crippen molar-refractivity contribution in [3.8, 4) is 0 Å². The summed E-state index contributed by atoms with van der Waals surface area (Å²) in [6.45, 7) is 0. The molecule has 9 nitrogen and oxygen atoms in total. The normalized spacial score (nSPS) is 11.5. The highest BCUT2D eigenvalue weighted by Gasteiger charge is 2.20. The number of hydrogen-bond donors (Lipinski definition) is 3. The number of hydrazone groups is 1. The maximum atomic E-state index is 13.1. The predicted molar refractivity (Wildman–Crippen MR) is 122 cm³/mol. The second-order valence-corrected chi connectivity index (χ2v) is 8.75. The van der Waals surface area contributed by atoms with Crippen molar-refractivity contribution in [3.05, 3.63) is 102 Å². The molecule has 0 aliphatic heterocycles. The van der Waals surface area contributed by atoms with Gasteiger partial charge in [-0.2, -0.15) is 5.10 Å². The summed E-state index contributed by atoms with van der Waals surface area (Å²) >= 11 is 0. The van der Waals surface area contributed by atoms with Gasteiger partial charge in [-0.05, 0) is 36.4 Å². The molecule has 0 radical (unpaired) electrons. The number of benzene rings is 3. The maximum Gasteiger partial charge on any atom is 0.274 e. The Kier molecular flexibility index (Phi) is 6.03. The molecule has 0 aliphatic rings. The molecule has 0 atom stereocenters. The minimum absolute atomic E-state index is 0.100. The van der Waals surface area contributed by atoms with E-state index < -0.39 is 21.8 Å². The van der Waals surface area contributed by atoms with Crippen LogP contribution in [0.4, 0.5) is 0 Å². The van der Waals surface area contributed by atoms with E-state index in [1.54, 1.807) is 42.5 Å². The van der Waals surface area contributed by atoms with Crippen molar-refractivity contribution < 1.29 is 23.2 Å². The molecule has 0 saturated heterocycles. The van der Waals surface area contributed by atoms with Gasteiger partial charge in [0.25, 0.3) is 21.8 Å². The second-order valence-electron chi connectivity index (χ2n) is 6.94. The Morgan fingerprint density at radius 3 is 2.27 bits per heavy atom. The molecule has 1 aromatic heterocycles. The van der Waals surface area contributed by atoms with E-state index in [2.05, 4.69) is 10.5 Å². The van der Waals surface area contributed by atoms with E-state index in [0.717, 1.165) is 0 Å². The van der Waals surface area contributed by atoms with Crippen LogP contribution in [0.3, 0.4) is 0 Å². The van der Waals surface area contributed by atoms with Gasteiger partial charge in [-0.15, -0.1) is 0 Å². The molecule has 166 valence electrons. The SMILES string of the molecule is O=C(NO)c1cccc(C(=O)N/N=C/c2cn(S(=O)(=O)c3ccccc3)c3ccccc23)c1. The van der Waals surface area contributed by atoms with Crippen LogP contribution in [0.25, 0.3) is 10.9 Å². The number of carbonyl (C=O) groups excluding carboxylic acids is 2. The molecule has 2 amide bonds. The Labute approximate surface area is 189 Å². The van der Waals surface area contributed by atoms with Crippen LogP contribution in [-0.4, -0.2) is 35.6 Å². The molecular weight excluding hydrogens is 444 g/mol. The minimum Gasteiger partial charge on any atom is -0.288 e. The fraction of sp³-hybridized carbons (Fsp3) is 0. The molecule has 33 heavy (non-hydrogen) atoms. The number of nitrogens with one attached hydrogen (secondary N) is 2. The van der Waals surface area contributed by atoms with E-state index >= 15 is 0 Å². The van der Waals surface area contributed by atoms with Crippen molar-refractivity contribution in [1.29, 1.82) is 0 Å². The van der Waals surface area contributed by atoms with Gasteiger partial charge in [0.1, 0.15) is 0 Å². The lowest BCUT2D eigenvalue weighted by atomic mass is 10.1. The number of carbonyl (C=O) groups is 2. The van der Waals surface area contributed by atoms with Crippen LogP contribution in [0.15, 0.2) is 95.1 Å². The number of nitrogens with zero attached hydrogens (tertiary/aromatic N) is 2. The van der Waals surface area contributed by atoms with Gasteiger partial charge >= 0.3 is 0 Å². The highest BCUT2D eigenvalue weighted by atomic mass is 32.2. The highest BCUT2D eigenvalue weighted by molar-refractivity contribution is 7.90. The monoisotopic (exact) mass is 462 g/mol. The standard InChI is InChI=1S/C23H18N4O5S/c28-22(16-7-6-8-17(13-16)23(29)26-30)25-24-14-18-15-27(21-12-5-4-11-20(18)21)33(31,32)19-9-2-1-3-10-19/h1-15,30H,(H,25,28)(H,26,29)/b24-14+. The summed E-state index contributed by atoms with van der Waals surface area (Å²) in [7, 11) is -3.84. The lowest BCUT2D eigenvalue weighted by molar-refractivity contribution is 0.0706. The number of aromatic nitrogens is 1. The van der Waals surface area contributed by atoms with Crippen LogP contribution in [0.1, 0.15) is 26.3 Å². The number of fused-ring (bicyclic) bond motifs is 1. The molecule has 0 aliphatic carbocycles. The van der Waals surface area contributed by atoms with Crippen LogP contribution < -0.4 is 10.9 Å². The van der Waals surface area contributed by atoms with Crippen LogP contribution in [0, 0.1) is 0 Å². The third-order valence-corrected chi connectivity index (χ3v) is 6.55. The highest BCUT2D eigenvalue weighted by Crippen LogP contribution is 2.25. The maximum absolute atomic E-state index is 13.1. The van der Waals surface area contributed by atoms with Gasteiger partial charge in [-0.25, -0.2) is 23.3 Å². The molecule has 4 aromatic rings. The van der Waals surface area contributed by atoms with Crippen molar-refractivity contribution in [2.75, 3.05) is 0 Å². The lowest BCUT2D eigenvalue weighted by Crippen LogP contribution is -2.21. The fourth-order valence-electron chi connectivity index (χ4n) is 3.27. The number of hydrogen-bond acceptors (Lipinski definition) is 6. The summed E-state index contributed by atoms with van der Waals surface area (Å²) < 4.78 is 27.5. The molecule has 0 saturated carbocycles. The molecule has 0 fully saturated rings. The summed E-state index contributed by atoms with van der Waals surface area (Å²) in [6.07, 6.45) is 2.79. The van der Waals surface area contributed by atoms with Crippen LogP contribution in [-0.2, 0) is 10.0 Å². The lowest BCUT2D eigenvalue weighted by Gasteiger charge is -2.07. The number of hydroxylamine groups is 1. The number of amides is 2. The predicted octanol–water partition coefficient (Wildman–Crippen LogP) is 2.76. The summed E-state index contributed by atoms with van der Waals surface area (Å²) in [5.41, 5.74) is 5.07. The molecule has 1 heterocycles. The van der Waals surface area contributed by atoms with E-state index in [1.807, 2.05) is 0 Å². The zero-order chi connectivity index (χ0) is 23.4. The molecule has 4 rings (SSSR count). The Bertz CT molecular complexity index is 1480. The largest absolute Gasteiger partial charge is 0.288 e. The molecular formula is C23H18N4O5S. The van der Waals surface area contributed by atoms with E-state index in [4.69, 9.17) is 5.21 Å². The third-order valence-electron chi connectivity index (χ3n) is 4.87. The first kappa shape index (κ1) is 21.9. The Morgan fingerprint density at radius 1 is 0.879 bits per heavy atom. The fourth-order valence-corrected chi connectivity index (χ4v) is 4.67. The molecule has 10 heteroatoms. The number of rotatable bonds is 6. The van der Waals surface area contributed by atoms with E-state index in [1.165, 1.54) is 58.3 Å². The van der Waals surface area contributed by atoms with Gasteiger partial charge in [0.2, 0.25) is 0 Å². The Hall–Kier alpha value is -4.28. The smallest absolute Gasteiger partial charge is 0.274 e. The topological polar surface area (TPSA) is 130 Å². The van der Waals surface area contributed by atoms with Crippen molar-refractivity contribution in [2.45, 2.75) is 4.90 Å². The Morgan fingerprint density at radius 2 is 1.55 bits per heavy atom. The van der Waals surface area contributed by atoms with Crippen LogP contribution >= 0.6 is 0 Å². The first-order valence-electron chi connectivity index (χ1n) is 9.70. The van der Waals surface area contributed by atoms with Gasteiger partial charge < -0.3 is 0 Å². The minimum atomic E-state index is -3.84. The van der Waals surface area contributed by atoms with Crippen molar-refractivity contribution in [2.24, 2.45) is 5.10 Å². The second kappa shape index (κ2) is 9.07. The summed E-state index contributed by atoms with van der Waals surface area (Å²) in [4.78, 5) is 24.1. The van der Waals surface area contributed by atoms with Crippen LogP contribution in [0.5, 0.6) is 0 Å². The van der Waals surface area contributed by atoms with E-state index in [-0.39, 0.29) is 16.0 Å². The first-order chi connectivity index (χ1) is 15.9. The van der Waals surface area contributed by atoms with E-state index in [9.17, 15) is 18.0 Å². The summed E-state index contributed by atoms with van der Waals surface area (Å²) in [5, 5.41) is 13.3. The molecule has 3 aromatic carbocycles. The quantitative estimate of drug-likeness (QED) is 0.230. The first-order valence-corrected chi connectivity index (χ1v) is 11.1. The van der Waals surface area contributed by atoms with Gasteiger partial charge in [-0.1, -0.05) is 42.5 Å². The average Bonchev–Trinajstić information content (AvgIpc) is 3.23. The van der Waals surface area contributed by atoms with E-state index in [0.29, 0.717) is 16.5 Å². The average molecular weight is 462 g/mol. The molecule has 0 spiro atoms. The van der Waals surface area contributed by atoms with Gasteiger partial charge in [-0.3, -0.25) is 14.8 Å². The third kappa shape index (κ3) is 4.38. The van der Waals surface area contributed by atoms with Crippen LogP contribution in [0.2, 0.25) is 0 Å². The Balaban J connectivity index is 1.63. The zero-order valence-electron chi connectivity index (χ0n) is 17.0. The van der Waals surface area contributed by atoms with Gasteiger partial charge in [0.15, 0.2) is 0 Å². The molecule has 3 N–H and O–H groups in total.